The Balaban J connectivity index is 1.86. The van der Waals surface area contributed by atoms with Gasteiger partial charge in [-0.15, -0.1) is 0 Å². The van der Waals surface area contributed by atoms with Crippen LogP contribution in [0.15, 0.2) is 48.2 Å². The average molecular weight is 447 g/mol. The first-order valence-corrected chi connectivity index (χ1v) is 10.6. The van der Waals surface area contributed by atoms with Crippen LogP contribution in [0.1, 0.15) is 25.8 Å². The summed E-state index contributed by atoms with van der Waals surface area (Å²) in [6.45, 7) is 5.60. The topological polar surface area (TPSA) is 40.6 Å². The monoisotopic (exact) mass is 446 g/mol. The Morgan fingerprint density at radius 1 is 0.933 bits per heavy atom. The van der Waals surface area contributed by atoms with Gasteiger partial charge in [-0.2, -0.15) is 0 Å². The number of rotatable bonds is 3. The fraction of sp³-hybridized carbons (Fsp3) is 0.304. The lowest BCUT2D eigenvalue weighted by Crippen LogP contribution is -2.42. The minimum Gasteiger partial charge on any atom is -0.366 e. The van der Waals surface area contributed by atoms with Crippen LogP contribution in [0.5, 0.6) is 0 Å². The number of hydrogen-bond donors (Lipinski definition) is 0. The van der Waals surface area contributed by atoms with Gasteiger partial charge in [-0.05, 0) is 54.2 Å². The Morgan fingerprint density at radius 2 is 1.57 bits per heavy atom. The van der Waals surface area contributed by atoms with E-state index in [0.717, 1.165) is 11.3 Å². The number of carbonyl (C=O) groups is 2. The fourth-order valence-corrected chi connectivity index (χ4v) is 4.78. The lowest BCUT2D eigenvalue weighted by Gasteiger charge is -2.37. The molecule has 0 bridgehead atoms. The second-order valence-corrected chi connectivity index (χ2v) is 8.97. The predicted molar refractivity (Wildman–Crippen MR) is 117 cm³/mol. The molecule has 4 rings (SSSR count). The van der Waals surface area contributed by atoms with Crippen molar-refractivity contribution in [3.05, 3.63) is 69.6 Å². The summed E-state index contributed by atoms with van der Waals surface area (Å²) in [6.07, 6.45) is 1.06. The molecular formula is C23H21Cl2FN2O2. The number of anilines is 1. The van der Waals surface area contributed by atoms with Crippen LogP contribution >= 0.6 is 23.2 Å². The van der Waals surface area contributed by atoms with Gasteiger partial charge < -0.3 is 4.90 Å². The van der Waals surface area contributed by atoms with Crippen LogP contribution in [-0.2, 0) is 9.59 Å². The highest BCUT2D eigenvalue weighted by molar-refractivity contribution is 6.47. The van der Waals surface area contributed by atoms with Crippen LogP contribution in [0.4, 0.5) is 10.1 Å². The highest BCUT2D eigenvalue weighted by atomic mass is 35.5. The molecule has 2 aromatic carbocycles. The average Bonchev–Trinajstić information content (AvgIpc) is 2.94. The molecule has 0 saturated carbocycles. The summed E-state index contributed by atoms with van der Waals surface area (Å²) in [5.74, 6) is -0.584. The molecule has 2 heterocycles. The third kappa shape index (κ3) is 3.72. The van der Waals surface area contributed by atoms with Crippen LogP contribution in [0.3, 0.4) is 0 Å². The summed E-state index contributed by atoms with van der Waals surface area (Å²) >= 11 is 12.4. The Labute approximate surface area is 184 Å². The Hall–Kier alpha value is -2.37. The van der Waals surface area contributed by atoms with Crippen molar-refractivity contribution >= 4 is 46.3 Å². The van der Waals surface area contributed by atoms with Crippen molar-refractivity contribution in [3.8, 4) is 0 Å². The van der Waals surface area contributed by atoms with E-state index in [1.807, 2.05) is 4.90 Å². The molecule has 0 N–H and O–H groups in total. The fourth-order valence-electron chi connectivity index (χ4n) is 4.41. The van der Waals surface area contributed by atoms with Crippen LogP contribution in [0.2, 0.25) is 10.0 Å². The number of carbonyl (C=O) groups excluding carboxylic acids is 2. The van der Waals surface area contributed by atoms with Gasteiger partial charge in [-0.3, -0.25) is 9.59 Å². The van der Waals surface area contributed by atoms with E-state index >= 15 is 0 Å². The molecule has 2 amide bonds. The molecule has 2 atom stereocenters. The summed E-state index contributed by atoms with van der Waals surface area (Å²) in [4.78, 5) is 30.1. The zero-order chi connectivity index (χ0) is 21.6. The second kappa shape index (κ2) is 8.05. The van der Waals surface area contributed by atoms with Crippen molar-refractivity contribution in [2.24, 2.45) is 11.8 Å². The quantitative estimate of drug-likeness (QED) is 0.592. The van der Waals surface area contributed by atoms with Gasteiger partial charge in [0.25, 0.3) is 11.8 Å². The van der Waals surface area contributed by atoms with Crippen molar-refractivity contribution in [2.75, 3.05) is 18.0 Å². The molecule has 1 saturated heterocycles. The van der Waals surface area contributed by atoms with E-state index in [1.165, 1.54) is 30.3 Å². The number of hydrogen-bond acceptors (Lipinski definition) is 3. The standard InChI is InChI=1S/C23H21Cl2FN2O2/c1-13-9-14(2)12-27(11-13)21-20(15-3-6-17(26)7-4-15)22(29)28(23(21)30)19-10-16(24)5-8-18(19)25/h3-8,10,13-14H,9,11-12H2,1-2H3. The normalized spacial score (nSPS) is 22.3. The van der Waals surface area contributed by atoms with Gasteiger partial charge in [-0.25, -0.2) is 9.29 Å². The van der Waals surface area contributed by atoms with Crippen LogP contribution in [0, 0.1) is 17.7 Å². The first-order chi connectivity index (χ1) is 14.3. The molecule has 2 unspecified atom stereocenters. The lowest BCUT2D eigenvalue weighted by molar-refractivity contribution is -0.120. The van der Waals surface area contributed by atoms with E-state index in [1.54, 1.807) is 12.1 Å². The van der Waals surface area contributed by atoms with Crippen molar-refractivity contribution < 1.29 is 14.0 Å². The maximum Gasteiger partial charge on any atom is 0.282 e. The Bertz CT molecular complexity index is 1040. The van der Waals surface area contributed by atoms with E-state index in [9.17, 15) is 14.0 Å². The van der Waals surface area contributed by atoms with Gasteiger partial charge in [0, 0.05) is 18.1 Å². The largest absolute Gasteiger partial charge is 0.366 e. The molecule has 4 nitrogen and oxygen atoms in total. The zero-order valence-corrected chi connectivity index (χ0v) is 18.2. The lowest BCUT2D eigenvalue weighted by atomic mass is 9.91. The molecule has 1 fully saturated rings. The molecule has 0 aromatic heterocycles. The van der Waals surface area contributed by atoms with Crippen molar-refractivity contribution in [1.29, 1.82) is 0 Å². The molecule has 2 aromatic rings. The van der Waals surface area contributed by atoms with Crippen LogP contribution < -0.4 is 4.90 Å². The molecular weight excluding hydrogens is 426 g/mol. The summed E-state index contributed by atoms with van der Waals surface area (Å²) in [7, 11) is 0. The number of halogens is 3. The maximum atomic E-state index is 13.6. The number of benzene rings is 2. The van der Waals surface area contributed by atoms with Crippen LogP contribution in [-0.4, -0.2) is 29.8 Å². The number of piperidine rings is 1. The van der Waals surface area contributed by atoms with Crippen molar-refractivity contribution in [2.45, 2.75) is 20.3 Å². The third-order valence-electron chi connectivity index (χ3n) is 5.53. The summed E-state index contributed by atoms with van der Waals surface area (Å²) < 4.78 is 13.5. The molecule has 2 aliphatic heterocycles. The van der Waals surface area contributed by atoms with E-state index in [-0.39, 0.29) is 16.3 Å². The van der Waals surface area contributed by atoms with E-state index in [0.29, 0.717) is 41.2 Å². The van der Waals surface area contributed by atoms with Gasteiger partial charge >= 0.3 is 0 Å². The van der Waals surface area contributed by atoms with E-state index < -0.39 is 17.6 Å². The predicted octanol–water partition coefficient (Wildman–Crippen LogP) is 5.39. The summed E-state index contributed by atoms with van der Waals surface area (Å²) in [5, 5.41) is 0.619. The molecule has 2 aliphatic rings. The molecule has 0 radical (unpaired) electrons. The number of nitrogens with zero attached hydrogens (tertiary/aromatic N) is 2. The highest BCUT2D eigenvalue weighted by Gasteiger charge is 2.44. The summed E-state index contributed by atoms with van der Waals surface area (Å²) in [5.41, 5.74) is 1.33. The molecule has 0 aliphatic carbocycles. The van der Waals surface area contributed by atoms with Crippen LogP contribution in [0.25, 0.3) is 5.57 Å². The van der Waals surface area contributed by atoms with Crippen molar-refractivity contribution in [1.82, 2.24) is 4.90 Å². The molecule has 0 spiro atoms. The van der Waals surface area contributed by atoms with Gasteiger partial charge in [-0.1, -0.05) is 49.2 Å². The third-order valence-corrected chi connectivity index (χ3v) is 6.08. The first-order valence-electron chi connectivity index (χ1n) is 9.85. The second-order valence-electron chi connectivity index (χ2n) is 8.12. The number of imide groups is 1. The van der Waals surface area contributed by atoms with Gasteiger partial charge in [0.2, 0.25) is 0 Å². The molecule has 30 heavy (non-hydrogen) atoms. The molecule has 156 valence electrons. The van der Waals surface area contributed by atoms with Gasteiger partial charge in [0.15, 0.2) is 0 Å². The first kappa shape index (κ1) is 20.9. The minimum absolute atomic E-state index is 0.242. The SMILES string of the molecule is CC1CC(C)CN(C2=C(c3ccc(F)cc3)C(=O)N(c3cc(Cl)ccc3Cl)C2=O)C1. The zero-order valence-electron chi connectivity index (χ0n) is 16.7. The highest BCUT2D eigenvalue weighted by Crippen LogP contribution is 2.40. The number of amides is 2. The minimum atomic E-state index is -0.489. The Kier molecular flexibility index (Phi) is 5.60. The van der Waals surface area contributed by atoms with Gasteiger partial charge in [0.05, 0.1) is 16.3 Å². The van der Waals surface area contributed by atoms with E-state index in [4.69, 9.17) is 23.2 Å². The molecule has 7 heteroatoms. The Morgan fingerprint density at radius 3 is 2.20 bits per heavy atom. The maximum absolute atomic E-state index is 13.6. The van der Waals surface area contributed by atoms with E-state index in [2.05, 4.69) is 13.8 Å². The number of likely N-dealkylation sites (tertiary alicyclic amines) is 1. The summed E-state index contributed by atoms with van der Waals surface area (Å²) in [6, 6.07) is 10.3. The van der Waals surface area contributed by atoms with Crippen molar-refractivity contribution in [3.63, 3.8) is 0 Å². The smallest absolute Gasteiger partial charge is 0.282 e. The van der Waals surface area contributed by atoms with Gasteiger partial charge in [0.1, 0.15) is 11.5 Å².